The molecule has 0 amide bonds. The van der Waals surface area contributed by atoms with Gasteiger partial charge in [-0.05, 0) is 23.7 Å². The topological polar surface area (TPSA) is 12.9 Å². The van der Waals surface area contributed by atoms with Crippen molar-refractivity contribution >= 4 is 32.9 Å². The monoisotopic (exact) mass is 379 g/mol. The number of fused-ring (bicyclic) bond motifs is 1. The Kier molecular flexibility index (Phi) is 7.12. The molecule has 0 aromatic carbocycles. The van der Waals surface area contributed by atoms with Gasteiger partial charge in [-0.2, -0.15) is 0 Å². The van der Waals surface area contributed by atoms with Crippen molar-refractivity contribution in [3.63, 3.8) is 0 Å². The van der Waals surface area contributed by atoms with Gasteiger partial charge in [0.1, 0.15) is 0 Å². The summed E-state index contributed by atoms with van der Waals surface area (Å²) in [5, 5.41) is 1.35. The number of thiophene rings is 1. The zero-order valence-electron chi connectivity index (χ0n) is 17.4. The number of hydrogen-bond donors (Lipinski definition) is 0. The van der Waals surface area contributed by atoms with Crippen molar-refractivity contribution in [3.05, 3.63) is 14.8 Å². The Bertz CT molecular complexity index is 618. The van der Waals surface area contributed by atoms with Gasteiger partial charge < -0.3 is 0 Å². The fraction of sp³-hybridized carbons (Fsp3) is 0.773. The maximum atomic E-state index is 5.09. The molecule has 0 aliphatic heterocycles. The Labute approximate surface area is 163 Å². The van der Waals surface area contributed by atoms with Gasteiger partial charge in [-0.3, -0.25) is 0 Å². The molecule has 0 fully saturated rings. The maximum absolute atomic E-state index is 5.09. The summed E-state index contributed by atoms with van der Waals surface area (Å²) in [5.41, 5.74) is 1.68. The minimum absolute atomic E-state index is 0.178. The molecule has 2 rings (SSSR count). The van der Waals surface area contributed by atoms with Crippen molar-refractivity contribution in [2.45, 2.75) is 111 Å². The van der Waals surface area contributed by atoms with Crippen molar-refractivity contribution in [1.29, 1.82) is 0 Å². The van der Waals surface area contributed by atoms with Crippen LogP contribution >= 0.6 is 22.7 Å². The van der Waals surface area contributed by atoms with Crippen LogP contribution in [0.25, 0.3) is 10.2 Å². The van der Waals surface area contributed by atoms with Crippen molar-refractivity contribution in [3.8, 4) is 0 Å². The molecule has 0 N–H and O–H groups in total. The maximum Gasteiger partial charge on any atom is 0.0963 e. The number of nitrogens with zero attached hydrogens (tertiary/aromatic N) is 1. The SMILES string of the molecule is CCCCCCCCCc1nc2c(C(C)(C)C)sc(C(C)(C)C)c2s1. The third-order valence-corrected chi connectivity index (χ3v) is 7.95. The highest BCUT2D eigenvalue weighted by Gasteiger charge is 2.29. The van der Waals surface area contributed by atoms with Gasteiger partial charge in [0.05, 0.1) is 15.2 Å². The van der Waals surface area contributed by atoms with Crippen molar-refractivity contribution in [1.82, 2.24) is 4.98 Å². The molecule has 0 radical (unpaired) electrons. The first-order valence-corrected chi connectivity index (χ1v) is 11.7. The van der Waals surface area contributed by atoms with Crippen LogP contribution in [0.5, 0.6) is 0 Å². The summed E-state index contributed by atoms with van der Waals surface area (Å²) < 4.78 is 1.46. The summed E-state index contributed by atoms with van der Waals surface area (Å²) in [6, 6.07) is 0. The Morgan fingerprint density at radius 1 is 0.720 bits per heavy atom. The molecule has 0 unspecified atom stereocenters. The van der Waals surface area contributed by atoms with E-state index < -0.39 is 0 Å². The summed E-state index contributed by atoms with van der Waals surface area (Å²) >= 11 is 3.95. The van der Waals surface area contributed by atoms with E-state index in [9.17, 15) is 0 Å². The van der Waals surface area contributed by atoms with Gasteiger partial charge in [0.2, 0.25) is 0 Å². The first-order chi connectivity index (χ1) is 11.6. The Hall–Kier alpha value is -0.410. The molecule has 0 aliphatic rings. The molecular weight excluding hydrogens is 342 g/mol. The quantitative estimate of drug-likeness (QED) is 0.421. The lowest BCUT2D eigenvalue weighted by atomic mass is 9.92. The third-order valence-electron chi connectivity index (χ3n) is 4.65. The van der Waals surface area contributed by atoms with Gasteiger partial charge in [-0.25, -0.2) is 4.98 Å². The first-order valence-electron chi connectivity index (χ1n) is 10.1. The van der Waals surface area contributed by atoms with Crippen molar-refractivity contribution in [2.24, 2.45) is 0 Å². The molecular formula is C22H37NS2. The minimum Gasteiger partial charge on any atom is -0.240 e. The third kappa shape index (κ3) is 5.53. The predicted octanol–water partition coefficient (Wildman–Crippen LogP) is 8.25. The minimum atomic E-state index is 0.178. The van der Waals surface area contributed by atoms with Gasteiger partial charge in [-0.1, -0.05) is 87.0 Å². The number of hydrogen-bond acceptors (Lipinski definition) is 3. The van der Waals surface area contributed by atoms with E-state index in [1.807, 2.05) is 22.7 Å². The molecule has 1 nitrogen and oxygen atoms in total. The smallest absolute Gasteiger partial charge is 0.0963 e. The molecule has 3 heteroatoms. The van der Waals surface area contributed by atoms with Crippen LogP contribution in [0.1, 0.15) is 108 Å². The van der Waals surface area contributed by atoms with E-state index in [1.165, 1.54) is 69.9 Å². The van der Waals surface area contributed by atoms with Gasteiger partial charge in [0, 0.05) is 9.75 Å². The van der Waals surface area contributed by atoms with E-state index in [4.69, 9.17) is 4.98 Å². The standard InChI is InChI=1S/C22H37NS2/c1-8-9-10-11-12-13-14-15-16-23-17-18(24-16)20(22(5,6)7)25-19(17)21(2,3)4/h8-15H2,1-7H3. The second kappa shape index (κ2) is 8.52. The van der Waals surface area contributed by atoms with E-state index in [0.717, 1.165) is 6.42 Å². The van der Waals surface area contributed by atoms with Gasteiger partial charge in [0.25, 0.3) is 0 Å². The predicted molar refractivity (Wildman–Crippen MR) is 117 cm³/mol. The van der Waals surface area contributed by atoms with Crippen LogP contribution in [0, 0.1) is 0 Å². The summed E-state index contributed by atoms with van der Waals surface area (Å²) in [4.78, 5) is 8.08. The van der Waals surface area contributed by atoms with Gasteiger partial charge >= 0.3 is 0 Å². The molecule has 0 saturated heterocycles. The van der Waals surface area contributed by atoms with Crippen LogP contribution in [-0.2, 0) is 17.3 Å². The second-order valence-corrected chi connectivity index (χ2v) is 11.5. The Balaban J connectivity index is 2.09. The fourth-order valence-electron chi connectivity index (χ4n) is 3.21. The number of thiazole rings is 1. The fourth-order valence-corrected chi connectivity index (χ4v) is 6.04. The number of aryl methyl sites for hydroxylation is 1. The van der Waals surface area contributed by atoms with E-state index in [1.54, 1.807) is 0 Å². The zero-order chi connectivity index (χ0) is 18.7. The van der Waals surface area contributed by atoms with Gasteiger partial charge in [0.15, 0.2) is 0 Å². The zero-order valence-corrected chi connectivity index (χ0v) is 19.1. The lowest BCUT2D eigenvalue weighted by Gasteiger charge is -2.18. The largest absolute Gasteiger partial charge is 0.240 e. The van der Waals surface area contributed by atoms with Crippen LogP contribution in [0.2, 0.25) is 0 Å². The summed E-state index contributed by atoms with van der Waals surface area (Å²) in [7, 11) is 0. The molecule has 2 aromatic heterocycles. The molecule has 142 valence electrons. The van der Waals surface area contributed by atoms with Crippen LogP contribution < -0.4 is 0 Å². The highest BCUT2D eigenvalue weighted by Crippen LogP contribution is 2.46. The van der Waals surface area contributed by atoms with E-state index in [2.05, 4.69) is 48.5 Å². The first kappa shape index (κ1) is 20.9. The Morgan fingerprint density at radius 3 is 1.84 bits per heavy atom. The molecule has 2 aromatic rings. The number of rotatable bonds is 8. The highest BCUT2D eigenvalue weighted by atomic mass is 32.1. The summed E-state index contributed by atoms with van der Waals surface area (Å²) in [6.07, 6.45) is 10.7. The van der Waals surface area contributed by atoms with Crippen LogP contribution in [-0.4, -0.2) is 4.98 Å². The van der Waals surface area contributed by atoms with Crippen LogP contribution in [0.3, 0.4) is 0 Å². The lowest BCUT2D eigenvalue weighted by Crippen LogP contribution is -2.10. The van der Waals surface area contributed by atoms with Crippen molar-refractivity contribution in [2.75, 3.05) is 0 Å². The normalized spacial score (nSPS) is 13.1. The summed E-state index contributed by atoms with van der Waals surface area (Å²) in [5.74, 6) is 0. The van der Waals surface area contributed by atoms with Crippen LogP contribution in [0.4, 0.5) is 0 Å². The van der Waals surface area contributed by atoms with Crippen LogP contribution in [0.15, 0.2) is 0 Å². The van der Waals surface area contributed by atoms with Crippen molar-refractivity contribution < 1.29 is 0 Å². The van der Waals surface area contributed by atoms with Gasteiger partial charge in [-0.15, -0.1) is 22.7 Å². The van der Waals surface area contributed by atoms with E-state index in [-0.39, 0.29) is 10.8 Å². The molecule has 25 heavy (non-hydrogen) atoms. The molecule has 0 bridgehead atoms. The second-order valence-electron chi connectivity index (χ2n) is 9.42. The lowest BCUT2D eigenvalue weighted by molar-refractivity contribution is 0.589. The molecule has 0 spiro atoms. The molecule has 0 saturated carbocycles. The highest BCUT2D eigenvalue weighted by molar-refractivity contribution is 7.24. The summed E-state index contributed by atoms with van der Waals surface area (Å²) in [6.45, 7) is 16.2. The van der Waals surface area contributed by atoms with E-state index >= 15 is 0 Å². The Morgan fingerprint density at radius 2 is 1.28 bits per heavy atom. The van der Waals surface area contributed by atoms with E-state index in [0.29, 0.717) is 0 Å². The average Bonchev–Trinajstić information content (AvgIpc) is 3.02. The molecule has 0 atom stereocenters. The number of unbranched alkanes of at least 4 members (excludes halogenated alkanes) is 6. The molecule has 2 heterocycles. The molecule has 0 aliphatic carbocycles. The number of aromatic nitrogens is 1. The average molecular weight is 380 g/mol.